The number of rotatable bonds is 4. The van der Waals surface area contributed by atoms with Gasteiger partial charge < -0.3 is 13.9 Å². The van der Waals surface area contributed by atoms with E-state index >= 15 is 0 Å². The zero-order valence-corrected chi connectivity index (χ0v) is 15.7. The summed E-state index contributed by atoms with van der Waals surface area (Å²) in [5, 5.41) is 3.93. The zero-order valence-electron chi connectivity index (χ0n) is 14.1. The van der Waals surface area contributed by atoms with Gasteiger partial charge in [0.25, 0.3) is 5.91 Å². The molecule has 7 heteroatoms. The minimum atomic E-state index is -0.758. The molecule has 0 aliphatic carbocycles. The fourth-order valence-corrected chi connectivity index (χ4v) is 3.00. The van der Waals surface area contributed by atoms with Gasteiger partial charge in [0.1, 0.15) is 18.1 Å². The third-order valence-corrected chi connectivity index (χ3v) is 4.40. The minimum absolute atomic E-state index is 0.131. The molecule has 1 atom stereocenters. The lowest BCUT2D eigenvalue weighted by atomic mass is 10.2. The average molecular weight is 427 g/mol. The topological polar surface area (TPSA) is 73.1 Å². The number of nitrogens with zero attached hydrogens (tertiary/aromatic N) is 1. The Bertz CT molecular complexity index is 999. The third kappa shape index (κ3) is 4.03. The molecule has 0 fully saturated rings. The van der Waals surface area contributed by atoms with Crippen LogP contribution in [0.15, 0.2) is 74.7 Å². The van der Waals surface area contributed by atoms with Crippen molar-refractivity contribution in [2.24, 2.45) is 5.10 Å². The van der Waals surface area contributed by atoms with Gasteiger partial charge in [0.05, 0.1) is 6.21 Å². The van der Waals surface area contributed by atoms with Gasteiger partial charge in [-0.15, -0.1) is 0 Å². The van der Waals surface area contributed by atoms with Crippen LogP contribution in [0.2, 0.25) is 0 Å². The van der Waals surface area contributed by atoms with Crippen molar-refractivity contribution in [3.63, 3.8) is 0 Å². The molecule has 27 heavy (non-hydrogen) atoms. The highest BCUT2D eigenvalue weighted by Crippen LogP contribution is 2.30. The predicted molar refractivity (Wildman–Crippen MR) is 104 cm³/mol. The van der Waals surface area contributed by atoms with Crippen molar-refractivity contribution in [2.45, 2.75) is 6.10 Å². The summed E-state index contributed by atoms with van der Waals surface area (Å²) in [6.45, 7) is 0.131. The second-order valence-corrected chi connectivity index (χ2v) is 6.73. The summed E-state index contributed by atoms with van der Waals surface area (Å²) in [5.74, 6) is 2.01. The van der Waals surface area contributed by atoms with E-state index in [0.717, 1.165) is 10.0 Å². The SMILES string of the molecule is O=C(N/N=C\c1ccc(-c2cccc(Br)c2)o1)[C@@H]1COc2ccccc2O1. The largest absolute Gasteiger partial charge is 0.485 e. The van der Waals surface area contributed by atoms with Crippen LogP contribution in [0.25, 0.3) is 11.3 Å². The van der Waals surface area contributed by atoms with E-state index in [1.807, 2.05) is 42.5 Å². The number of para-hydroxylation sites is 2. The standard InChI is InChI=1S/C20H15BrN2O4/c21-14-5-3-4-13(10-14)16-9-8-15(26-16)11-22-23-20(24)19-12-25-17-6-1-2-7-18(17)27-19/h1-11,19H,12H2,(H,23,24)/b22-11-/t19-/m0/s1. The molecular weight excluding hydrogens is 412 g/mol. The second kappa shape index (κ2) is 7.67. The summed E-state index contributed by atoms with van der Waals surface area (Å²) in [6, 6.07) is 18.6. The Balaban J connectivity index is 1.36. The van der Waals surface area contributed by atoms with Gasteiger partial charge in [0.2, 0.25) is 6.10 Å². The summed E-state index contributed by atoms with van der Waals surface area (Å²) in [4.78, 5) is 12.2. The number of nitrogens with one attached hydrogen (secondary N) is 1. The number of furan rings is 1. The summed E-state index contributed by atoms with van der Waals surface area (Å²) in [7, 11) is 0. The molecule has 0 radical (unpaired) electrons. The molecule has 1 N–H and O–H groups in total. The number of carbonyl (C=O) groups excluding carboxylic acids is 1. The molecule has 0 spiro atoms. The maximum absolute atomic E-state index is 12.2. The second-order valence-electron chi connectivity index (χ2n) is 5.81. The van der Waals surface area contributed by atoms with Gasteiger partial charge in [0.15, 0.2) is 11.5 Å². The van der Waals surface area contributed by atoms with Crippen molar-refractivity contribution in [3.8, 4) is 22.8 Å². The Labute approximate surface area is 163 Å². The fraction of sp³-hybridized carbons (Fsp3) is 0.100. The average Bonchev–Trinajstić information content (AvgIpc) is 3.16. The van der Waals surface area contributed by atoms with Crippen molar-refractivity contribution < 1.29 is 18.7 Å². The number of carbonyl (C=O) groups is 1. The molecule has 1 aliphatic heterocycles. The normalized spacial score (nSPS) is 15.7. The van der Waals surface area contributed by atoms with Crippen LogP contribution < -0.4 is 14.9 Å². The van der Waals surface area contributed by atoms with Crippen molar-refractivity contribution in [2.75, 3.05) is 6.61 Å². The Kier molecular flexibility index (Phi) is 4.93. The molecule has 1 aliphatic rings. The van der Waals surface area contributed by atoms with E-state index in [2.05, 4.69) is 26.5 Å². The minimum Gasteiger partial charge on any atom is -0.485 e. The van der Waals surface area contributed by atoms with Gasteiger partial charge in [-0.05, 0) is 36.4 Å². The predicted octanol–water partition coefficient (Wildman–Crippen LogP) is 4.00. The molecule has 3 aromatic rings. The van der Waals surface area contributed by atoms with E-state index in [4.69, 9.17) is 13.9 Å². The molecule has 0 bridgehead atoms. The number of benzene rings is 2. The molecule has 2 aromatic carbocycles. The molecule has 0 saturated heterocycles. The first-order chi connectivity index (χ1) is 13.2. The summed E-state index contributed by atoms with van der Waals surface area (Å²) >= 11 is 3.43. The van der Waals surface area contributed by atoms with E-state index in [1.54, 1.807) is 18.2 Å². The Hall–Kier alpha value is -3.06. The van der Waals surface area contributed by atoms with Gasteiger partial charge in [-0.2, -0.15) is 5.10 Å². The van der Waals surface area contributed by atoms with Crippen LogP contribution >= 0.6 is 15.9 Å². The molecular formula is C20H15BrN2O4. The molecule has 2 heterocycles. The van der Waals surface area contributed by atoms with Crippen LogP contribution in [0.3, 0.4) is 0 Å². The lowest BCUT2D eigenvalue weighted by molar-refractivity contribution is -0.130. The Morgan fingerprint density at radius 2 is 1.96 bits per heavy atom. The van der Waals surface area contributed by atoms with Crippen molar-refractivity contribution in [3.05, 3.63) is 70.9 Å². The fourth-order valence-electron chi connectivity index (χ4n) is 2.60. The van der Waals surface area contributed by atoms with Crippen LogP contribution in [0, 0.1) is 0 Å². The van der Waals surface area contributed by atoms with E-state index < -0.39 is 6.10 Å². The van der Waals surface area contributed by atoms with E-state index in [1.165, 1.54) is 6.21 Å². The first kappa shape index (κ1) is 17.4. The highest BCUT2D eigenvalue weighted by molar-refractivity contribution is 9.10. The first-order valence-corrected chi connectivity index (χ1v) is 9.05. The van der Waals surface area contributed by atoms with Gasteiger partial charge in [-0.25, -0.2) is 5.43 Å². The van der Waals surface area contributed by atoms with Crippen LogP contribution in [0.5, 0.6) is 11.5 Å². The zero-order chi connectivity index (χ0) is 18.6. The number of hydrazone groups is 1. The number of hydrogen-bond acceptors (Lipinski definition) is 5. The van der Waals surface area contributed by atoms with Gasteiger partial charge in [-0.3, -0.25) is 4.79 Å². The molecule has 6 nitrogen and oxygen atoms in total. The Morgan fingerprint density at radius 3 is 2.81 bits per heavy atom. The molecule has 1 amide bonds. The van der Waals surface area contributed by atoms with Crippen LogP contribution in [0.4, 0.5) is 0 Å². The highest BCUT2D eigenvalue weighted by Gasteiger charge is 2.26. The van der Waals surface area contributed by atoms with Crippen molar-refractivity contribution in [1.29, 1.82) is 0 Å². The van der Waals surface area contributed by atoms with Crippen LogP contribution in [-0.2, 0) is 4.79 Å². The molecule has 0 unspecified atom stereocenters. The molecule has 0 saturated carbocycles. The van der Waals surface area contributed by atoms with Crippen molar-refractivity contribution in [1.82, 2.24) is 5.43 Å². The molecule has 4 rings (SSSR count). The molecule has 136 valence electrons. The van der Waals surface area contributed by atoms with Gasteiger partial charge >= 0.3 is 0 Å². The maximum atomic E-state index is 12.2. The summed E-state index contributed by atoms with van der Waals surface area (Å²) in [5.41, 5.74) is 3.39. The third-order valence-electron chi connectivity index (χ3n) is 3.90. The van der Waals surface area contributed by atoms with Crippen LogP contribution in [-0.4, -0.2) is 24.8 Å². The highest BCUT2D eigenvalue weighted by atomic mass is 79.9. The number of ether oxygens (including phenoxy) is 2. The number of hydrogen-bond donors (Lipinski definition) is 1. The van der Waals surface area contributed by atoms with Crippen molar-refractivity contribution >= 4 is 28.1 Å². The molecule has 1 aromatic heterocycles. The quantitative estimate of drug-likeness (QED) is 0.505. The monoisotopic (exact) mass is 426 g/mol. The van der Waals surface area contributed by atoms with E-state index in [-0.39, 0.29) is 12.5 Å². The van der Waals surface area contributed by atoms with Crippen LogP contribution in [0.1, 0.15) is 5.76 Å². The number of amides is 1. The lowest BCUT2D eigenvalue weighted by Gasteiger charge is -2.24. The maximum Gasteiger partial charge on any atom is 0.284 e. The number of fused-ring (bicyclic) bond motifs is 1. The Morgan fingerprint density at radius 1 is 1.11 bits per heavy atom. The van der Waals surface area contributed by atoms with Gasteiger partial charge in [-0.1, -0.05) is 40.2 Å². The summed E-state index contributed by atoms with van der Waals surface area (Å²) < 4.78 is 17.8. The number of halogens is 1. The first-order valence-electron chi connectivity index (χ1n) is 8.26. The lowest BCUT2D eigenvalue weighted by Crippen LogP contribution is -2.42. The van der Waals surface area contributed by atoms with E-state index in [0.29, 0.717) is 23.0 Å². The smallest absolute Gasteiger partial charge is 0.284 e. The summed E-state index contributed by atoms with van der Waals surface area (Å²) in [6.07, 6.45) is 0.683. The van der Waals surface area contributed by atoms with E-state index in [9.17, 15) is 4.79 Å². The van der Waals surface area contributed by atoms with Gasteiger partial charge in [0, 0.05) is 10.0 Å².